The molecule has 17 heavy (non-hydrogen) atoms. The summed E-state index contributed by atoms with van der Waals surface area (Å²) in [5, 5.41) is 8.81. The Kier molecular flexibility index (Phi) is 2.53. The Labute approximate surface area is 101 Å². The first-order valence-electron chi connectivity index (χ1n) is 6.12. The Morgan fingerprint density at radius 2 is 2.06 bits per heavy atom. The molecule has 1 fully saturated rings. The molecule has 1 unspecified atom stereocenters. The molecule has 0 bridgehead atoms. The molecule has 0 N–H and O–H groups in total. The zero-order valence-electron chi connectivity index (χ0n) is 9.69. The van der Waals surface area contributed by atoms with Gasteiger partial charge in [0.05, 0.1) is 18.2 Å². The molecule has 1 heterocycles. The molecule has 3 rings (SSSR count). The fourth-order valence-corrected chi connectivity index (χ4v) is 2.80. The molecule has 0 spiro atoms. The highest BCUT2D eigenvalue weighted by atomic mass is 14.8. The fraction of sp³-hybridized carbons (Fsp3) is 0.333. The van der Waals surface area contributed by atoms with Gasteiger partial charge >= 0.3 is 0 Å². The maximum atomic E-state index is 8.81. The van der Waals surface area contributed by atoms with Gasteiger partial charge in [-0.1, -0.05) is 18.2 Å². The quantitative estimate of drug-likeness (QED) is 0.718. The Bertz CT molecular complexity index is 529. The van der Waals surface area contributed by atoms with Crippen molar-refractivity contribution in [3.05, 3.63) is 47.0 Å². The first kappa shape index (κ1) is 10.3. The average molecular weight is 222 g/mol. The van der Waals surface area contributed by atoms with Gasteiger partial charge in [-0.2, -0.15) is 5.26 Å². The van der Waals surface area contributed by atoms with Gasteiger partial charge in [0.15, 0.2) is 0 Å². The van der Waals surface area contributed by atoms with E-state index in [-0.39, 0.29) is 0 Å². The second-order valence-electron chi connectivity index (χ2n) is 4.63. The van der Waals surface area contributed by atoms with E-state index in [4.69, 9.17) is 5.26 Å². The van der Waals surface area contributed by atoms with Crippen molar-refractivity contribution in [1.29, 1.82) is 5.26 Å². The summed E-state index contributed by atoms with van der Waals surface area (Å²) < 4.78 is 0. The van der Waals surface area contributed by atoms with Crippen molar-refractivity contribution in [3.8, 4) is 6.07 Å². The van der Waals surface area contributed by atoms with E-state index in [1.165, 1.54) is 29.7 Å². The molecule has 2 aliphatic rings. The van der Waals surface area contributed by atoms with Crippen LogP contribution in [0.3, 0.4) is 0 Å². The first-order chi connectivity index (χ1) is 8.38. The van der Waals surface area contributed by atoms with E-state index in [0.29, 0.717) is 5.92 Å². The van der Waals surface area contributed by atoms with Crippen molar-refractivity contribution in [2.75, 3.05) is 6.54 Å². The second kappa shape index (κ2) is 4.18. The first-order valence-corrected chi connectivity index (χ1v) is 6.12. The molecule has 84 valence electrons. The molecule has 2 nitrogen and oxygen atoms in total. The van der Waals surface area contributed by atoms with Gasteiger partial charge in [-0.3, -0.25) is 4.99 Å². The van der Waals surface area contributed by atoms with Crippen LogP contribution in [0.1, 0.15) is 36.3 Å². The smallest absolute Gasteiger partial charge is 0.0991 e. The maximum Gasteiger partial charge on any atom is 0.0991 e. The number of rotatable bonds is 1. The molecule has 0 saturated heterocycles. The molecule has 1 atom stereocenters. The number of nitrogens with zero attached hydrogens (tertiary/aromatic N) is 2. The molecule has 1 aromatic carbocycles. The molecule has 0 aromatic heterocycles. The summed E-state index contributed by atoms with van der Waals surface area (Å²) in [6.07, 6.45) is 5.83. The summed E-state index contributed by atoms with van der Waals surface area (Å²) in [6, 6.07) is 10.2. The lowest BCUT2D eigenvalue weighted by atomic mass is 9.79. The Hall–Kier alpha value is -1.88. The third-order valence-electron chi connectivity index (χ3n) is 3.65. The summed E-state index contributed by atoms with van der Waals surface area (Å²) in [5.41, 5.74) is 4.80. The molecular weight excluding hydrogens is 208 g/mol. The number of aliphatic imine (C=N–C) groups is 1. The summed E-state index contributed by atoms with van der Waals surface area (Å²) >= 11 is 0. The van der Waals surface area contributed by atoms with Crippen LogP contribution in [0, 0.1) is 11.3 Å². The minimum atomic E-state index is 0.498. The van der Waals surface area contributed by atoms with Crippen LogP contribution in [0.4, 0.5) is 0 Å². The highest BCUT2D eigenvalue weighted by Gasteiger charge is 2.26. The second-order valence-corrected chi connectivity index (χ2v) is 4.63. The normalized spacial score (nSPS) is 22.4. The third-order valence-corrected chi connectivity index (χ3v) is 3.65. The molecule has 2 heteroatoms. The molecule has 1 aliphatic carbocycles. The Balaban J connectivity index is 1.93. The van der Waals surface area contributed by atoms with Crippen molar-refractivity contribution < 1.29 is 0 Å². The SMILES string of the molecule is N#Cc1ccc(C2CCCC3=NCC=C32)cc1. The Morgan fingerprint density at radius 1 is 1.24 bits per heavy atom. The molecule has 1 aliphatic heterocycles. The van der Waals surface area contributed by atoms with E-state index in [9.17, 15) is 0 Å². The van der Waals surface area contributed by atoms with Gasteiger partial charge in [0.25, 0.3) is 0 Å². The minimum absolute atomic E-state index is 0.498. The van der Waals surface area contributed by atoms with Crippen LogP contribution in [-0.2, 0) is 0 Å². The van der Waals surface area contributed by atoms with E-state index < -0.39 is 0 Å². The van der Waals surface area contributed by atoms with Crippen LogP contribution >= 0.6 is 0 Å². The Morgan fingerprint density at radius 3 is 2.82 bits per heavy atom. The van der Waals surface area contributed by atoms with Crippen molar-refractivity contribution in [3.63, 3.8) is 0 Å². The number of hydrogen-bond donors (Lipinski definition) is 0. The molecule has 1 saturated carbocycles. The van der Waals surface area contributed by atoms with Gasteiger partial charge in [0.1, 0.15) is 0 Å². The van der Waals surface area contributed by atoms with E-state index in [0.717, 1.165) is 18.5 Å². The molecule has 0 radical (unpaired) electrons. The molecule has 1 aromatic rings. The highest BCUT2D eigenvalue weighted by Crippen LogP contribution is 2.37. The van der Waals surface area contributed by atoms with Crippen LogP contribution in [-0.4, -0.2) is 12.3 Å². The number of hydrogen-bond acceptors (Lipinski definition) is 2. The van der Waals surface area contributed by atoms with Gasteiger partial charge in [0, 0.05) is 11.6 Å². The van der Waals surface area contributed by atoms with Crippen LogP contribution in [0.25, 0.3) is 0 Å². The van der Waals surface area contributed by atoms with Crippen molar-refractivity contribution in [1.82, 2.24) is 0 Å². The predicted molar refractivity (Wildman–Crippen MR) is 68.1 cm³/mol. The van der Waals surface area contributed by atoms with Crippen LogP contribution < -0.4 is 0 Å². The highest BCUT2D eigenvalue weighted by molar-refractivity contribution is 6.03. The lowest BCUT2D eigenvalue weighted by Crippen LogP contribution is -2.15. The largest absolute Gasteiger partial charge is 0.285 e. The van der Waals surface area contributed by atoms with Crippen molar-refractivity contribution in [2.45, 2.75) is 25.2 Å². The van der Waals surface area contributed by atoms with Gasteiger partial charge in [-0.05, 0) is 42.5 Å². The number of nitriles is 1. The van der Waals surface area contributed by atoms with E-state index in [1.807, 2.05) is 12.1 Å². The van der Waals surface area contributed by atoms with E-state index >= 15 is 0 Å². The monoisotopic (exact) mass is 222 g/mol. The maximum absolute atomic E-state index is 8.81. The zero-order chi connectivity index (χ0) is 11.7. The summed E-state index contributed by atoms with van der Waals surface area (Å²) in [4.78, 5) is 4.54. The minimum Gasteiger partial charge on any atom is -0.285 e. The summed E-state index contributed by atoms with van der Waals surface area (Å²) in [7, 11) is 0. The van der Waals surface area contributed by atoms with Crippen LogP contribution in [0.5, 0.6) is 0 Å². The summed E-state index contributed by atoms with van der Waals surface area (Å²) in [6.45, 7) is 0.859. The number of fused-ring (bicyclic) bond motifs is 1. The van der Waals surface area contributed by atoms with Gasteiger partial charge in [0.2, 0.25) is 0 Å². The third kappa shape index (κ3) is 1.78. The van der Waals surface area contributed by atoms with Crippen LogP contribution in [0.15, 0.2) is 40.9 Å². The van der Waals surface area contributed by atoms with Crippen molar-refractivity contribution in [2.24, 2.45) is 4.99 Å². The number of benzene rings is 1. The van der Waals surface area contributed by atoms with E-state index in [2.05, 4.69) is 29.3 Å². The zero-order valence-corrected chi connectivity index (χ0v) is 9.69. The molecule has 0 amide bonds. The standard InChI is InChI=1S/C15H14N2/c16-10-11-4-6-12(7-5-11)13-2-1-3-15-14(13)8-9-17-15/h4-8,13H,1-3,9H2. The lowest BCUT2D eigenvalue weighted by molar-refractivity contribution is 0.653. The van der Waals surface area contributed by atoms with Gasteiger partial charge < -0.3 is 0 Å². The topological polar surface area (TPSA) is 36.1 Å². The van der Waals surface area contributed by atoms with Gasteiger partial charge in [-0.25, -0.2) is 0 Å². The van der Waals surface area contributed by atoms with E-state index in [1.54, 1.807) is 0 Å². The molecular formula is C15H14N2. The summed E-state index contributed by atoms with van der Waals surface area (Å²) in [5.74, 6) is 0.498. The van der Waals surface area contributed by atoms with Gasteiger partial charge in [-0.15, -0.1) is 0 Å². The lowest BCUT2D eigenvalue weighted by Gasteiger charge is -2.25. The fourth-order valence-electron chi connectivity index (χ4n) is 2.80. The number of allylic oxidation sites excluding steroid dienone is 1. The predicted octanol–water partition coefficient (Wildman–Crippen LogP) is 3.21. The average Bonchev–Trinajstić information content (AvgIpc) is 2.87. The van der Waals surface area contributed by atoms with Crippen LogP contribution in [0.2, 0.25) is 0 Å². The van der Waals surface area contributed by atoms with Crippen molar-refractivity contribution >= 4 is 5.71 Å².